The van der Waals surface area contributed by atoms with Gasteiger partial charge < -0.3 is 16.4 Å². The van der Waals surface area contributed by atoms with Crippen molar-refractivity contribution in [3.63, 3.8) is 0 Å². The Morgan fingerprint density at radius 1 is 1.00 bits per heavy atom. The Morgan fingerprint density at radius 3 is 2.21 bits per heavy atom. The van der Waals surface area contributed by atoms with Crippen LogP contribution in [0.3, 0.4) is 0 Å². The van der Waals surface area contributed by atoms with Crippen LogP contribution in [0.1, 0.15) is 22.3 Å². The highest BCUT2D eigenvalue weighted by atomic mass is 19.1. The molecule has 0 aliphatic heterocycles. The number of aryl methyl sites for hydroxylation is 1. The van der Waals surface area contributed by atoms with Crippen molar-refractivity contribution >= 4 is 18.6 Å². The number of nitrogens with one attached hydrogen (secondary N) is 3. The first kappa shape index (κ1) is 30.1. The van der Waals surface area contributed by atoms with Gasteiger partial charge in [-0.3, -0.25) is 19.6 Å². The maximum atomic E-state index is 12.3. The van der Waals surface area contributed by atoms with Crippen molar-refractivity contribution in [2.45, 2.75) is 20.0 Å². The van der Waals surface area contributed by atoms with E-state index in [0.29, 0.717) is 31.5 Å². The fourth-order valence-corrected chi connectivity index (χ4v) is 3.36. The number of nitrogens with zero attached hydrogens (tertiary/aromatic N) is 3. The summed E-state index contributed by atoms with van der Waals surface area (Å²) in [4.78, 5) is 25.1. The molecular formula is C29H30FN7O2. The summed E-state index contributed by atoms with van der Waals surface area (Å²) in [6, 6.07) is 21.2. The lowest BCUT2D eigenvalue weighted by atomic mass is 10.1. The number of pyridine rings is 2. The van der Waals surface area contributed by atoms with Crippen molar-refractivity contribution in [1.29, 1.82) is 10.7 Å². The van der Waals surface area contributed by atoms with Crippen molar-refractivity contribution in [2.75, 3.05) is 12.4 Å². The number of rotatable bonds is 8. The molecule has 5 N–H and O–H groups in total. The van der Waals surface area contributed by atoms with Gasteiger partial charge in [0.15, 0.2) is 0 Å². The fourth-order valence-electron chi connectivity index (χ4n) is 3.36. The van der Waals surface area contributed by atoms with Crippen LogP contribution in [0.25, 0.3) is 11.1 Å². The summed E-state index contributed by atoms with van der Waals surface area (Å²) in [7, 11) is 1.50. The van der Waals surface area contributed by atoms with Crippen molar-refractivity contribution < 1.29 is 14.0 Å². The van der Waals surface area contributed by atoms with E-state index in [1.807, 2.05) is 37.3 Å². The minimum atomic E-state index is -0.264. The van der Waals surface area contributed by atoms with E-state index in [4.69, 9.17) is 10.7 Å². The Morgan fingerprint density at radius 2 is 1.62 bits per heavy atom. The van der Waals surface area contributed by atoms with Crippen molar-refractivity contribution in [2.24, 2.45) is 5.73 Å². The first-order valence-corrected chi connectivity index (χ1v) is 11.8. The third-order valence-electron chi connectivity index (χ3n) is 5.35. The van der Waals surface area contributed by atoms with Crippen LogP contribution in [0.15, 0.2) is 79.1 Å². The molecule has 1 amide bonds. The van der Waals surface area contributed by atoms with Gasteiger partial charge in [-0.2, -0.15) is 5.26 Å². The molecule has 9 nitrogen and oxygen atoms in total. The molecule has 0 spiro atoms. The Kier molecular flexibility index (Phi) is 12.2. The Balaban J connectivity index is 0.000000343. The molecule has 39 heavy (non-hydrogen) atoms. The maximum Gasteiger partial charge on any atom is 0.219 e. The molecule has 0 radical (unpaired) electrons. The number of nitrogens with two attached hydrogens (primary N) is 1. The second-order valence-electron chi connectivity index (χ2n) is 7.99. The number of carbonyl (C=O) groups is 2. The standard InChI is InChI=1S/C20H17N5O.C8H8FNO.CH5N/c1-14-8-16(9-21)11-24-20(14)23-10-15-2-4-17(5-3-15)18-6-7-19(22)25(12-18)13-26;9-8-3-1-7(2-4-8)5-10-6-11;1-2/h2-8,11-13,22H,10H2,1H3,(H,23,24);1-4,6H,5H2,(H,10,11);2H2,1H3. The van der Waals surface area contributed by atoms with Gasteiger partial charge in [0.2, 0.25) is 12.8 Å². The van der Waals surface area contributed by atoms with Crippen molar-refractivity contribution in [3.05, 3.63) is 113 Å². The molecule has 0 saturated heterocycles. The number of hydrogen-bond acceptors (Lipinski definition) is 7. The van der Waals surface area contributed by atoms with Gasteiger partial charge in [0.1, 0.15) is 23.2 Å². The molecule has 0 aliphatic carbocycles. The van der Waals surface area contributed by atoms with E-state index < -0.39 is 0 Å². The van der Waals surface area contributed by atoms with Crippen LogP contribution in [0.4, 0.5) is 10.2 Å². The second-order valence-corrected chi connectivity index (χ2v) is 7.99. The predicted octanol–water partition coefficient (Wildman–Crippen LogP) is 3.51. The molecule has 10 heteroatoms. The first-order chi connectivity index (χ1) is 18.9. The molecule has 0 aliphatic rings. The summed E-state index contributed by atoms with van der Waals surface area (Å²) in [5, 5.41) is 22.3. The van der Waals surface area contributed by atoms with Gasteiger partial charge in [-0.15, -0.1) is 0 Å². The lowest BCUT2D eigenvalue weighted by Crippen LogP contribution is -2.17. The zero-order valence-corrected chi connectivity index (χ0v) is 21.7. The number of amides is 1. The Bertz CT molecular complexity index is 1460. The van der Waals surface area contributed by atoms with Crippen LogP contribution in [0, 0.1) is 29.5 Å². The SMILES string of the molecule is CN.Cc1cc(C#N)cnc1NCc1ccc(-c2ccc(=N)n(C=O)c2)cc1.O=CNCc1ccc(F)cc1. The molecule has 0 saturated carbocycles. The van der Waals surface area contributed by atoms with Crippen LogP contribution < -0.4 is 21.9 Å². The minimum Gasteiger partial charge on any atom is -0.366 e. The average molecular weight is 528 g/mol. The topological polar surface area (TPSA) is 150 Å². The number of halogens is 1. The molecule has 2 aromatic carbocycles. The molecule has 0 bridgehead atoms. The van der Waals surface area contributed by atoms with E-state index in [2.05, 4.69) is 27.4 Å². The monoisotopic (exact) mass is 527 g/mol. The van der Waals surface area contributed by atoms with Crippen molar-refractivity contribution in [1.82, 2.24) is 14.9 Å². The molecule has 4 aromatic rings. The smallest absolute Gasteiger partial charge is 0.219 e. The minimum absolute atomic E-state index is 0.148. The number of benzene rings is 2. The fraction of sp³-hybridized carbons (Fsp3) is 0.138. The van der Waals surface area contributed by atoms with E-state index in [9.17, 15) is 14.0 Å². The molecule has 4 rings (SSSR count). The molecule has 0 atom stereocenters. The van der Waals surface area contributed by atoms with Gasteiger partial charge >= 0.3 is 0 Å². The van der Waals surface area contributed by atoms with Crippen molar-refractivity contribution in [3.8, 4) is 17.2 Å². The summed E-state index contributed by atoms with van der Waals surface area (Å²) in [6.07, 6.45) is 4.43. The Hall–Kier alpha value is -5.14. The van der Waals surface area contributed by atoms with E-state index in [1.54, 1.807) is 36.7 Å². The molecule has 2 heterocycles. The quantitative estimate of drug-likeness (QED) is 0.258. The molecule has 200 valence electrons. The number of carbonyl (C=O) groups excluding carboxylic acids is 2. The lowest BCUT2D eigenvalue weighted by molar-refractivity contribution is -0.109. The highest BCUT2D eigenvalue weighted by Gasteiger charge is 2.03. The zero-order chi connectivity index (χ0) is 28.6. The summed E-state index contributed by atoms with van der Waals surface area (Å²) >= 11 is 0. The first-order valence-electron chi connectivity index (χ1n) is 11.8. The van der Waals surface area contributed by atoms with Crippen LogP contribution in [0.5, 0.6) is 0 Å². The average Bonchev–Trinajstić information content (AvgIpc) is 2.98. The van der Waals surface area contributed by atoms with Gasteiger partial charge in [-0.1, -0.05) is 36.4 Å². The molecular weight excluding hydrogens is 497 g/mol. The highest BCUT2D eigenvalue weighted by molar-refractivity contribution is 5.65. The molecule has 0 unspecified atom stereocenters. The van der Waals surface area contributed by atoms with Gasteiger partial charge in [0.05, 0.1) is 5.56 Å². The van der Waals surface area contributed by atoms with Gasteiger partial charge in [-0.05, 0) is 72.1 Å². The second kappa shape index (κ2) is 15.9. The van der Waals surface area contributed by atoms with E-state index in [0.717, 1.165) is 33.6 Å². The lowest BCUT2D eigenvalue weighted by Gasteiger charge is -2.10. The Labute approximate surface area is 226 Å². The highest BCUT2D eigenvalue weighted by Crippen LogP contribution is 2.19. The number of aromatic nitrogens is 2. The van der Waals surface area contributed by atoms with Crippen LogP contribution >= 0.6 is 0 Å². The summed E-state index contributed by atoms with van der Waals surface area (Å²) in [5.74, 6) is 0.492. The van der Waals surface area contributed by atoms with E-state index in [-0.39, 0.29) is 11.3 Å². The van der Waals surface area contributed by atoms with Gasteiger partial charge in [0, 0.05) is 25.5 Å². The zero-order valence-electron chi connectivity index (χ0n) is 21.7. The number of hydrogen-bond donors (Lipinski definition) is 4. The van der Waals surface area contributed by atoms with E-state index in [1.165, 1.54) is 23.7 Å². The summed E-state index contributed by atoms with van der Waals surface area (Å²) < 4.78 is 13.6. The third-order valence-corrected chi connectivity index (χ3v) is 5.35. The number of nitriles is 1. The van der Waals surface area contributed by atoms with Crippen LogP contribution in [-0.4, -0.2) is 29.4 Å². The normalized spacial score (nSPS) is 9.51. The summed E-state index contributed by atoms with van der Waals surface area (Å²) in [6.45, 7) is 2.97. The van der Waals surface area contributed by atoms with E-state index >= 15 is 0 Å². The largest absolute Gasteiger partial charge is 0.366 e. The molecule has 0 fully saturated rings. The predicted molar refractivity (Wildman–Crippen MR) is 148 cm³/mol. The van der Waals surface area contributed by atoms with Gasteiger partial charge in [-0.25, -0.2) is 9.37 Å². The van der Waals surface area contributed by atoms with Crippen LogP contribution in [-0.2, 0) is 22.7 Å². The number of anilines is 1. The maximum absolute atomic E-state index is 12.3. The van der Waals surface area contributed by atoms with Gasteiger partial charge in [0.25, 0.3) is 0 Å². The third kappa shape index (κ3) is 9.35. The molecule has 2 aromatic heterocycles. The summed E-state index contributed by atoms with van der Waals surface area (Å²) in [5.41, 5.74) is 9.93. The van der Waals surface area contributed by atoms with Crippen LogP contribution in [0.2, 0.25) is 0 Å².